The van der Waals surface area contributed by atoms with Crippen LogP contribution in [0.2, 0.25) is 0 Å². The number of rotatable bonds is 7. The van der Waals surface area contributed by atoms with E-state index < -0.39 is 11.6 Å². The topological polar surface area (TPSA) is 21.3 Å². The first-order chi connectivity index (χ1) is 8.15. The SMILES string of the molecule is CCCNC(C)CCOc1cccc(F)c1F. The molecule has 1 aromatic carbocycles. The zero-order valence-electron chi connectivity index (χ0n) is 10.3. The molecule has 2 nitrogen and oxygen atoms in total. The van der Waals surface area contributed by atoms with Crippen LogP contribution in [0.3, 0.4) is 0 Å². The molecule has 0 aromatic heterocycles. The minimum atomic E-state index is -0.915. The Kier molecular flexibility index (Phi) is 5.91. The summed E-state index contributed by atoms with van der Waals surface area (Å²) in [6.07, 6.45) is 1.83. The van der Waals surface area contributed by atoms with Gasteiger partial charge in [-0.15, -0.1) is 0 Å². The van der Waals surface area contributed by atoms with Crippen molar-refractivity contribution in [1.29, 1.82) is 0 Å². The minimum Gasteiger partial charge on any atom is -0.490 e. The van der Waals surface area contributed by atoms with Crippen LogP contribution in [0.5, 0.6) is 5.75 Å². The normalized spacial score (nSPS) is 12.5. The van der Waals surface area contributed by atoms with Crippen molar-refractivity contribution in [2.24, 2.45) is 0 Å². The Morgan fingerprint density at radius 3 is 2.82 bits per heavy atom. The van der Waals surface area contributed by atoms with E-state index in [4.69, 9.17) is 4.74 Å². The Bertz CT molecular complexity index is 344. The van der Waals surface area contributed by atoms with Gasteiger partial charge in [-0.3, -0.25) is 0 Å². The van der Waals surface area contributed by atoms with Crippen molar-refractivity contribution in [1.82, 2.24) is 5.32 Å². The summed E-state index contributed by atoms with van der Waals surface area (Å²) in [4.78, 5) is 0. The van der Waals surface area contributed by atoms with Crippen molar-refractivity contribution < 1.29 is 13.5 Å². The van der Waals surface area contributed by atoms with Crippen LogP contribution in [-0.2, 0) is 0 Å². The maximum absolute atomic E-state index is 13.2. The zero-order valence-corrected chi connectivity index (χ0v) is 10.3. The molecule has 96 valence electrons. The molecule has 1 atom stereocenters. The number of ether oxygens (including phenoxy) is 1. The molecule has 17 heavy (non-hydrogen) atoms. The number of hydrogen-bond donors (Lipinski definition) is 1. The van der Waals surface area contributed by atoms with Gasteiger partial charge in [0, 0.05) is 6.04 Å². The number of halogens is 2. The van der Waals surface area contributed by atoms with Crippen LogP contribution >= 0.6 is 0 Å². The lowest BCUT2D eigenvalue weighted by Gasteiger charge is -2.14. The van der Waals surface area contributed by atoms with Gasteiger partial charge in [-0.2, -0.15) is 4.39 Å². The molecule has 0 bridgehead atoms. The highest BCUT2D eigenvalue weighted by Crippen LogP contribution is 2.19. The molecule has 1 unspecified atom stereocenters. The van der Waals surface area contributed by atoms with E-state index in [9.17, 15) is 8.78 Å². The van der Waals surface area contributed by atoms with Gasteiger partial charge in [-0.25, -0.2) is 4.39 Å². The molecule has 1 N–H and O–H groups in total. The predicted molar refractivity (Wildman–Crippen MR) is 64.2 cm³/mol. The van der Waals surface area contributed by atoms with Gasteiger partial charge in [0.1, 0.15) is 0 Å². The highest BCUT2D eigenvalue weighted by Gasteiger charge is 2.09. The fourth-order valence-electron chi connectivity index (χ4n) is 1.43. The average Bonchev–Trinajstić information content (AvgIpc) is 2.32. The molecule has 0 aliphatic rings. The summed E-state index contributed by atoms with van der Waals surface area (Å²) in [7, 11) is 0. The highest BCUT2D eigenvalue weighted by atomic mass is 19.2. The molecular weight excluding hydrogens is 224 g/mol. The number of hydrogen-bond acceptors (Lipinski definition) is 2. The average molecular weight is 243 g/mol. The second kappa shape index (κ2) is 7.22. The molecule has 0 radical (unpaired) electrons. The molecule has 1 rings (SSSR count). The van der Waals surface area contributed by atoms with E-state index in [0.29, 0.717) is 12.6 Å². The summed E-state index contributed by atoms with van der Waals surface area (Å²) in [5, 5.41) is 3.30. The summed E-state index contributed by atoms with van der Waals surface area (Å²) in [6, 6.07) is 4.26. The van der Waals surface area contributed by atoms with Crippen molar-refractivity contribution in [3.63, 3.8) is 0 Å². The maximum atomic E-state index is 13.2. The smallest absolute Gasteiger partial charge is 0.200 e. The Morgan fingerprint density at radius 2 is 2.12 bits per heavy atom. The molecule has 1 aromatic rings. The summed E-state index contributed by atoms with van der Waals surface area (Å²) in [5.41, 5.74) is 0. The fourth-order valence-corrected chi connectivity index (χ4v) is 1.43. The second-order valence-corrected chi connectivity index (χ2v) is 4.04. The van der Waals surface area contributed by atoms with Crippen molar-refractivity contribution in [2.45, 2.75) is 32.7 Å². The van der Waals surface area contributed by atoms with Gasteiger partial charge >= 0.3 is 0 Å². The molecule has 0 aliphatic carbocycles. The van der Waals surface area contributed by atoms with Gasteiger partial charge in [0.15, 0.2) is 11.6 Å². The van der Waals surface area contributed by atoms with E-state index in [1.807, 2.05) is 6.92 Å². The van der Waals surface area contributed by atoms with E-state index in [1.165, 1.54) is 12.1 Å². The number of benzene rings is 1. The van der Waals surface area contributed by atoms with Gasteiger partial charge in [-0.1, -0.05) is 13.0 Å². The Balaban J connectivity index is 2.33. The highest BCUT2D eigenvalue weighted by molar-refractivity contribution is 5.24. The van der Waals surface area contributed by atoms with Crippen LogP contribution in [0.4, 0.5) is 8.78 Å². The van der Waals surface area contributed by atoms with Crippen LogP contribution in [0.1, 0.15) is 26.7 Å². The largest absolute Gasteiger partial charge is 0.490 e. The number of nitrogens with one attached hydrogen (secondary N) is 1. The van der Waals surface area contributed by atoms with Gasteiger partial charge in [0.05, 0.1) is 6.61 Å². The molecule has 0 saturated carbocycles. The maximum Gasteiger partial charge on any atom is 0.200 e. The first-order valence-electron chi connectivity index (χ1n) is 5.95. The predicted octanol–water partition coefficient (Wildman–Crippen LogP) is 3.12. The van der Waals surface area contributed by atoms with E-state index in [-0.39, 0.29) is 5.75 Å². The van der Waals surface area contributed by atoms with Crippen molar-refractivity contribution in [2.75, 3.05) is 13.2 Å². The molecule has 4 heteroatoms. The van der Waals surface area contributed by atoms with Gasteiger partial charge in [-0.05, 0) is 38.4 Å². The van der Waals surface area contributed by atoms with E-state index in [2.05, 4.69) is 12.2 Å². The molecule has 0 amide bonds. The summed E-state index contributed by atoms with van der Waals surface area (Å²) in [5.74, 6) is -1.81. The molecule has 0 heterocycles. The third kappa shape index (κ3) is 4.69. The monoisotopic (exact) mass is 243 g/mol. The molecular formula is C13H19F2NO. The molecule has 0 aliphatic heterocycles. The lowest BCUT2D eigenvalue weighted by Crippen LogP contribution is -2.28. The van der Waals surface area contributed by atoms with Gasteiger partial charge in [0.25, 0.3) is 0 Å². The lowest BCUT2D eigenvalue weighted by molar-refractivity contribution is 0.273. The van der Waals surface area contributed by atoms with E-state index >= 15 is 0 Å². The van der Waals surface area contributed by atoms with E-state index in [0.717, 1.165) is 25.5 Å². The summed E-state index contributed by atoms with van der Waals surface area (Å²) < 4.78 is 31.3. The fraction of sp³-hybridized carbons (Fsp3) is 0.538. The third-order valence-corrected chi connectivity index (χ3v) is 2.47. The molecule has 0 saturated heterocycles. The van der Waals surface area contributed by atoms with Gasteiger partial charge in [0.2, 0.25) is 5.82 Å². The van der Waals surface area contributed by atoms with E-state index in [1.54, 1.807) is 0 Å². The van der Waals surface area contributed by atoms with Crippen LogP contribution in [0.25, 0.3) is 0 Å². The Labute approximate surface area is 101 Å². The quantitative estimate of drug-likeness (QED) is 0.794. The third-order valence-electron chi connectivity index (χ3n) is 2.47. The van der Waals surface area contributed by atoms with Gasteiger partial charge < -0.3 is 10.1 Å². The molecule has 0 spiro atoms. The standard InChI is InChI=1S/C13H19F2NO/c1-3-8-16-10(2)7-9-17-12-6-4-5-11(14)13(12)15/h4-6,10,16H,3,7-9H2,1-2H3. The summed E-state index contributed by atoms with van der Waals surface area (Å²) in [6.45, 7) is 5.47. The minimum absolute atomic E-state index is 0.0207. The molecule has 0 fully saturated rings. The first kappa shape index (κ1) is 13.9. The van der Waals surface area contributed by atoms with Crippen LogP contribution in [-0.4, -0.2) is 19.2 Å². The van der Waals surface area contributed by atoms with Crippen molar-refractivity contribution in [3.05, 3.63) is 29.8 Å². The van der Waals surface area contributed by atoms with Crippen molar-refractivity contribution in [3.8, 4) is 5.75 Å². The Morgan fingerprint density at radius 1 is 1.35 bits per heavy atom. The second-order valence-electron chi connectivity index (χ2n) is 4.04. The lowest BCUT2D eigenvalue weighted by atomic mass is 10.2. The van der Waals surface area contributed by atoms with Crippen LogP contribution in [0.15, 0.2) is 18.2 Å². The van der Waals surface area contributed by atoms with Crippen molar-refractivity contribution >= 4 is 0 Å². The Hall–Kier alpha value is -1.16. The first-order valence-corrected chi connectivity index (χ1v) is 5.95. The summed E-state index contributed by atoms with van der Waals surface area (Å²) >= 11 is 0. The van der Waals surface area contributed by atoms with Crippen LogP contribution in [0, 0.1) is 11.6 Å². The zero-order chi connectivity index (χ0) is 12.7. The van der Waals surface area contributed by atoms with Crippen LogP contribution < -0.4 is 10.1 Å².